The zero-order valence-corrected chi connectivity index (χ0v) is 11.7. The third kappa shape index (κ3) is 2.71. The summed E-state index contributed by atoms with van der Waals surface area (Å²) in [6.45, 7) is 5.23. The van der Waals surface area contributed by atoms with Crippen molar-refractivity contribution in [2.45, 2.75) is 13.0 Å². The zero-order chi connectivity index (χ0) is 10.8. The second kappa shape index (κ2) is 4.80. The number of hydrogen-bond donors (Lipinski definition) is 1. The van der Waals surface area contributed by atoms with E-state index in [-0.39, 0.29) is 0 Å². The Kier molecular flexibility index (Phi) is 3.64. The number of aromatic nitrogens is 1. The lowest BCUT2D eigenvalue weighted by Gasteiger charge is -2.33. The molecule has 0 aromatic carbocycles. The van der Waals surface area contributed by atoms with E-state index >= 15 is 0 Å². The third-order valence-corrected chi connectivity index (χ3v) is 3.47. The van der Waals surface area contributed by atoms with Crippen LogP contribution < -0.4 is 10.2 Å². The summed E-state index contributed by atoms with van der Waals surface area (Å²) in [6.07, 6.45) is 1.84. The van der Waals surface area contributed by atoms with Gasteiger partial charge >= 0.3 is 0 Å². The van der Waals surface area contributed by atoms with E-state index in [0.29, 0.717) is 6.04 Å². The minimum absolute atomic E-state index is 0.524. The minimum Gasteiger partial charge on any atom is -0.353 e. The Hall–Kier alpha value is -0.130. The van der Waals surface area contributed by atoms with E-state index in [0.717, 1.165) is 34.4 Å². The molecule has 3 nitrogen and oxygen atoms in total. The Morgan fingerprint density at radius 1 is 1.53 bits per heavy atom. The summed E-state index contributed by atoms with van der Waals surface area (Å²) in [4.78, 5) is 6.74. The van der Waals surface area contributed by atoms with Gasteiger partial charge in [-0.05, 0) is 44.8 Å². The predicted octanol–water partition coefficient (Wildman–Crippen LogP) is 2.40. The molecule has 1 aromatic heterocycles. The van der Waals surface area contributed by atoms with Crippen LogP contribution in [0.15, 0.2) is 21.2 Å². The molecular formula is C10H13Br2N3. The monoisotopic (exact) mass is 333 g/mol. The van der Waals surface area contributed by atoms with Gasteiger partial charge < -0.3 is 10.2 Å². The number of nitrogens with one attached hydrogen (secondary N) is 1. The van der Waals surface area contributed by atoms with E-state index < -0.39 is 0 Å². The van der Waals surface area contributed by atoms with E-state index in [1.807, 2.05) is 12.3 Å². The number of hydrogen-bond acceptors (Lipinski definition) is 3. The molecule has 82 valence electrons. The molecule has 2 rings (SSSR count). The molecule has 1 N–H and O–H groups in total. The topological polar surface area (TPSA) is 28.2 Å². The van der Waals surface area contributed by atoms with Crippen molar-refractivity contribution in [3.63, 3.8) is 0 Å². The molecule has 0 aliphatic carbocycles. The van der Waals surface area contributed by atoms with Crippen LogP contribution >= 0.6 is 31.9 Å². The molecule has 1 fully saturated rings. The zero-order valence-electron chi connectivity index (χ0n) is 8.50. The van der Waals surface area contributed by atoms with Gasteiger partial charge in [0.2, 0.25) is 0 Å². The van der Waals surface area contributed by atoms with E-state index in [1.165, 1.54) is 0 Å². The maximum atomic E-state index is 4.44. The fourth-order valence-electron chi connectivity index (χ4n) is 1.76. The molecule has 1 aromatic rings. The second-order valence-corrected chi connectivity index (χ2v) is 5.53. The average molecular weight is 335 g/mol. The van der Waals surface area contributed by atoms with Crippen LogP contribution in [-0.4, -0.2) is 30.7 Å². The Bertz CT molecular complexity index is 357. The van der Waals surface area contributed by atoms with Crippen LogP contribution in [0.5, 0.6) is 0 Å². The molecule has 0 radical (unpaired) electrons. The van der Waals surface area contributed by atoms with Gasteiger partial charge in [-0.25, -0.2) is 4.98 Å². The van der Waals surface area contributed by atoms with Crippen LogP contribution in [0.2, 0.25) is 0 Å². The fourth-order valence-corrected chi connectivity index (χ4v) is 3.00. The molecule has 0 spiro atoms. The van der Waals surface area contributed by atoms with Crippen LogP contribution in [-0.2, 0) is 0 Å². The number of rotatable bonds is 1. The highest BCUT2D eigenvalue weighted by Gasteiger charge is 2.18. The number of anilines is 1. The summed E-state index contributed by atoms with van der Waals surface area (Å²) >= 11 is 6.96. The Balaban J connectivity index is 2.21. The number of halogens is 2. The molecule has 1 aliphatic heterocycles. The number of piperazine rings is 1. The van der Waals surface area contributed by atoms with E-state index in [4.69, 9.17) is 0 Å². The highest BCUT2D eigenvalue weighted by molar-refractivity contribution is 9.11. The summed E-state index contributed by atoms with van der Waals surface area (Å²) in [7, 11) is 0. The first-order valence-corrected chi connectivity index (χ1v) is 6.55. The van der Waals surface area contributed by atoms with E-state index in [9.17, 15) is 0 Å². The first-order valence-electron chi connectivity index (χ1n) is 4.96. The normalized spacial score (nSPS) is 21.8. The summed E-state index contributed by atoms with van der Waals surface area (Å²) in [5, 5.41) is 3.42. The first-order chi connectivity index (χ1) is 7.16. The third-order valence-electron chi connectivity index (χ3n) is 2.46. The lowest BCUT2D eigenvalue weighted by Crippen LogP contribution is -2.49. The molecule has 2 heterocycles. The van der Waals surface area contributed by atoms with Crippen molar-refractivity contribution in [2.75, 3.05) is 24.5 Å². The second-order valence-electron chi connectivity index (χ2n) is 3.76. The van der Waals surface area contributed by atoms with Gasteiger partial charge in [-0.15, -0.1) is 0 Å². The molecule has 1 aliphatic rings. The van der Waals surface area contributed by atoms with Crippen molar-refractivity contribution < 1.29 is 0 Å². The molecule has 0 saturated carbocycles. The summed E-state index contributed by atoms with van der Waals surface area (Å²) in [5.74, 6) is 1.03. The molecule has 0 unspecified atom stereocenters. The lowest BCUT2D eigenvalue weighted by atomic mass is 10.2. The maximum Gasteiger partial charge on any atom is 0.143 e. The molecule has 1 atom stereocenters. The summed E-state index contributed by atoms with van der Waals surface area (Å²) in [6, 6.07) is 2.56. The molecule has 1 saturated heterocycles. The van der Waals surface area contributed by atoms with Crippen molar-refractivity contribution in [1.82, 2.24) is 10.3 Å². The Labute approximate surface area is 107 Å². The van der Waals surface area contributed by atoms with E-state index in [2.05, 4.69) is 54.0 Å². The minimum atomic E-state index is 0.524. The van der Waals surface area contributed by atoms with Crippen LogP contribution in [0.4, 0.5) is 5.82 Å². The largest absolute Gasteiger partial charge is 0.353 e. The lowest BCUT2D eigenvalue weighted by molar-refractivity contribution is 0.482. The standard InChI is InChI=1S/C10H13Br2N3/c1-7-6-15(3-2-13-7)10-9(12)4-8(11)5-14-10/h4-5,7,13H,2-3,6H2,1H3/t7-/m0/s1. The van der Waals surface area contributed by atoms with Crippen molar-refractivity contribution >= 4 is 37.7 Å². The van der Waals surface area contributed by atoms with Gasteiger partial charge in [0.05, 0.1) is 4.47 Å². The van der Waals surface area contributed by atoms with Crippen LogP contribution in [0, 0.1) is 0 Å². The number of nitrogens with zero attached hydrogens (tertiary/aromatic N) is 2. The number of pyridine rings is 1. The van der Waals surface area contributed by atoms with Gasteiger partial charge in [0.25, 0.3) is 0 Å². The van der Waals surface area contributed by atoms with Gasteiger partial charge in [-0.3, -0.25) is 0 Å². The van der Waals surface area contributed by atoms with Crippen molar-refractivity contribution in [3.05, 3.63) is 21.2 Å². The first kappa shape index (κ1) is 11.4. The fraction of sp³-hybridized carbons (Fsp3) is 0.500. The van der Waals surface area contributed by atoms with Gasteiger partial charge in [0, 0.05) is 36.3 Å². The molecule has 0 bridgehead atoms. The maximum absolute atomic E-state index is 4.44. The predicted molar refractivity (Wildman–Crippen MR) is 69.3 cm³/mol. The van der Waals surface area contributed by atoms with Crippen LogP contribution in [0.25, 0.3) is 0 Å². The molecular weight excluding hydrogens is 322 g/mol. The van der Waals surface area contributed by atoms with Gasteiger partial charge in [-0.2, -0.15) is 0 Å². The van der Waals surface area contributed by atoms with Crippen molar-refractivity contribution in [2.24, 2.45) is 0 Å². The van der Waals surface area contributed by atoms with Crippen molar-refractivity contribution in [3.8, 4) is 0 Å². The van der Waals surface area contributed by atoms with Crippen LogP contribution in [0.3, 0.4) is 0 Å². The highest BCUT2D eigenvalue weighted by Crippen LogP contribution is 2.27. The van der Waals surface area contributed by atoms with Gasteiger partial charge in [0.15, 0.2) is 0 Å². The van der Waals surface area contributed by atoms with Gasteiger partial charge in [-0.1, -0.05) is 0 Å². The van der Waals surface area contributed by atoms with Crippen molar-refractivity contribution in [1.29, 1.82) is 0 Å². The summed E-state index contributed by atoms with van der Waals surface area (Å²) in [5.41, 5.74) is 0. The molecule has 15 heavy (non-hydrogen) atoms. The SMILES string of the molecule is C[C@H]1CN(c2ncc(Br)cc2Br)CCN1. The smallest absolute Gasteiger partial charge is 0.143 e. The Morgan fingerprint density at radius 3 is 3.00 bits per heavy atom. The summed E-state index contributed by atoms with van der Waals surface area (Å²) < 4.78 is 2.05. The van der Waals surface area contributed by atoms with E-state index in [1.54, 1.807) is 0 Å². The molecule has 5 heteroatoms. The van der Waals surface area contributed by atoms with Crippen LogP contribution in [0.1, 0.15) is 6.92 Å². The van der Waals surface area contributed by atoms with Gasteiger partial charge in [0.1, 0.15) is 5.82 Å². The Morgan fingerprint density at radius 2 is 2.33 bits per heavy atom. The highest BCUT2D eigenvalue weighted by atomic mass is 79.9. The quantitative estimate of drug-likeness (QED) is 0.854. The average Bonchev–Trinajstić information content (AvgIpc) is 2.17. The molecule has 0 amide bonds.